The highest BCUT2D eigenvalue weighted by molar-refractivity contribution is 5.76. The summed E-state index contributed by atoms with van der Waals surface area (Å²) in [6.07, 6.45) is 0. The molecule has 1 aromatic carbocycles. The number of methoxy groups -OCH3 is 1. The zero-order valence-electron chi connectivity index (χ0n) is 12.1. The van der Waals surface area contributed by atoms with E-state index >= 15 is 0 Å². The number of hydrogen-bond acceptors (Lipinski definition) is 4. The third-order valence-electron chi connectivity index (χ3n) is 2.99. The Bertz CT molecular complexity index is 565. The maximum absolute atomic E-state index is 11.4. The number of nitrogens with zero attached hydrogens (tertiary/aromatic N) is 2. The lowest BCUT2D eigenvalue weighted by Gasteiger charge is -2.15. The van der Waals surface area contributed by atoms with Gasteiger partial charge in [0.05, 0.1) is 13.7 Å². The Morgan fingerprint density at radius 2 is 2.24 bits per heavy atom. The van der Waals surface area contributed by atoms with Crippen molar-refractivity contribution in [3.8, 4) is 17.6 Å². The molecule has 21 heavy (non-hydrogen) atoms. The molecule has 2 amide bonds. The highest BCUT2D eigenvalue weighted by Crippen LogP contribution is 2.27. The van der Waals surface area contributed by atoms with Crippen LogP contribution in [0, 0.1) is 6.07 Å². The molecule has 7 nitrogen and oxygen atoms in total. The zero-order chi connectivity index (χ0) is 15.1. The predicted molar refractivity (Wildman–Crippen MR) is 76.8 cm³/mol. The van der Waals surface area contributed by atoms with Crippen molar-refractivity contribution in [3.05, 3.63) is 28.8 Å². The van der Waals surface area contributed by atoms with Gasteiger partial charge in [0.2, 0.25) is 5.01 Å². The lowest BCUT2D eigenvalue weighted by atomic mass is 10.2. The molecular weight excluding hydrogens is 274 g/mol. The summed E-state index contributed by atoms with van der Waals surface area (Å²) in [4.78, 5) is 17.7. The summed E-state index contributed by atoms with van der Waals surface area (Å²) in [5, 5.41) is 6.32. The summed E-state index contributed by atoms with van der Waals surface area (Å²) in [6.45, 7) is 2.33. The highest BCUT2D eigenvalue weighted by atomic mass is 16.6. The Balaban J connectivity index is 1.94. The van der Waals surface area contributed by atoms with E-state index in [0.717, 1.165) is 5.56 Å². The van der Waals surface area contributed by atoms with Crippen molar-refractivity contribution in [3.63, 3.8) is 0 Å². The fraction of sp³-hybridized carbons (Fsp3) is 0.429. The average Bonchev–Trinajstić information content (AvgIpc) is 2.91. The lowest BCUT2D eigenvalue weighted by Crippen LogP contribution is -2.31. The Labute approximate surface area is 123 Å². The maximum atomic E-state index is 11.4. The summed E-state index contributed by atoms with van der Waals surface area (Å²) in [5.74, 6) is 1.19. The van der Waals surface area contributed by atoms with E-state index in [1.807, 2.05) is 0 Å². The van der Waals surface area contributed by atoms with E-state index < -0.39 is 0 Å². The van der Waals surface area contributed by atoms with E-state index in [4.69, 9.17) is 9.47 Å². The molecule has 0 spiro atoms. The SMILES string of the molecule is CO[N+]#Cc1ccc(OCCN2CCNC2=O)c(OC)c1. The number of benzene rings is 1. The summed E-state index contributed by atoms with van der Waals surface area (Å²) >= 11 is 0. The van der Waals surface area contributed by atoms with E-state index in [1.54, 1.807) is 30.2 Å². The van der Waals surface area contributed by atoms with Crippen LogP contribution in [-0.4, -0.2) is 51.4 Å². The minimum Gasteiger partial charge on any atom is -0.493 e. The molecule has 1 saturated heterocycles. The number of carbonyl (C=O) groups is 1. The molecule has 1 fully saturated rings. The van der Waals surface area contributed by atoms with Crippen LogP contribution in [0.3, 0.4) is 0 Å². The van der Waals surface area contributed by atoms with Gasteiger partial charge in [-0.15, -0.1) is 0 Å². The van der Waals surface area contributed by atoms with Gasteiger partial charge in [0.25, 0.3) is 0 Å². The van der Waals surface area contributed by atoms with Gasteiger partial charge in [-0.05, 0) is 12.1 Å². The van der Waals surface area contributed by atoms with Gasteiger partial charge in [-0.2, -0.15) is 4.84 Å². The summed E-state index contributed by atoms with van der Waals surface area (Å²) in [7, 11) is 3.02. The van der Waals surface area contributed by atoms with Gasteiger partial charge in [-0.25, -0.2) is 4.79 Å². The number of urea groups is 1. The first-order valence-corrected chi connectivity index (χ1v) is 6.57. The molecule has 0 saturated carbocycles. The molecule has 0 aromatic heterocycles. The molecular formula is C14H18N3O4+. The molecule has 1 aliphatic rings. The minimum absolute atomic E-state index is 0.0497. The maximum Gasteiger partial charge on any atom is 0.388 e. The fourth-order valence-corrected chi connectivity index (χ4v) is 1.95. The van der Waals surface area contributed by atoms with Gasteiger partial charge in [-0.1, -0.05) is 0 Å². The quantitative estimate of drug-likeness (QED) is 0.832. The van der Waals surface area contributed by atoms with Crippen LogP contribution in [0.4, 0.5) is 4.79 Å². The lowest BCUT2D eigenvalue weighted by molar-refractivity contribution is 0.201. The van der Waals surface area contributed by atoms with Crippen LogP contribution in [-0.2, 0) is 4.84 Å². The van der Waals surface area contributed by atoms with E-state index in [9.17, 15) is 4.79 Å². The predicted octanol–water partition coefficient (Wildman–Crippen LogP) is 1.34. The van der Waals surface area contributed by atoms with Crippen LogP contribution in [0.25, 0.3) is 5.01 Å². The van der Waals surface area contributed by atoms with Crippen LogP contribution >= 0.6 is 0 Å². The molecule has 1 heterocycles. The Hall–Kier alpha value is -2.62. The molecule has 7 heteroatoms. The average molecular weight is 292 g/mol. The van der Waals surface area contributed by atoms with Crippen molar-refractivity contribution in [2.45, 2.75) is 0 Å². The third kappa shape index (κ3) is 3.92. The van der Waals surface area contributed by atoms with Crippen LogP contribution in [0.5, 0.6) is 11.5 Å². The Morgan fingerprint density at radius 1 is 1.38 bits per heavy atom. The second-order valence-electron chi connectivity index (χ2n) is 4.32. The molecule has 0 radical (unpaired) electrons. The Morgan fingerprint density at radius 3 is 2.90 bits per heavy atom. The van der Waals surface area contributed by atoms with E-state index in [-0.39, 0.29) is 6.03 Å². The monoisotopic (exact) mass is 292 g/mol. The molecule has 1 aromatic rings. The smallest absolute Gasteiger partial charge is 0.388 e. The van der Waals surface area contributed by atoms with Crippen molar-refractivity contribution >= 4 is 6.03 Å². The third-order valence-corrected chi connectivity index (χ3v) is 2.99. The number of amides is 2. The van der Waals surface area contributed by atoms with E-state index in [1.165, 1.54) is 7.11 Å². The van der Waals surface area contributed by atoms with E-state index in [2.05, 4.69) is 21.2 Å². The number of carbonyl (C=O) groups excluding carboxylic acids is 1. The topological polar surface area (TPSA) is 64.4 Å². The number of nitrogens with one attached hydrogen (secondary N) is 1. The van der Waals surface area contributed by atoms with Crippen molar-refractivity contribution in [2.24, 2.45) is 0 Å². The van der Waals surface area contributed by atoms with Gasteiger partial charge >= 0.3 is 12.1 Å². The molecule has 2 rings (SSSR count). The molecule has 1 aliphatic heterocycles. The van der Waals surface area contributed by atoms with Crippen LogP contribution in [0.15, 0.2) is 18.2 Å². The molecule has 0 atom stereocenters. The number of hydrogen-bond donors (Lipinski definition) is 1. The van der Waals surface area contributed by atoms with E-state index in [0.29, 0.717) is 37.7 Å². The normalized spacial score (nSPS) is 13.2. The number of rotatable bonds is 5. The van der Waals surface area contributed by atoms with Crippen molar-refractivity contribution in [1.82, 2.24) is 10.2 Å². The van der Waals surface area contributed by atoms with Crippen molar-refractivity contribution in [2.75, 3.05) is 40.5 Å². The van der Waals surface area contributed by atoms with Crippen LogP contribution < -0.4 is 14.8 Å². The zero-order valence-corrected chi connectivity index (χ0v) is 12.1. The molecule has 0 aliphatic carbocycles. The molecule has 112 valence electrons. The van der Waals surface area contributed by atoms with Gasteiger partial charge in [0.1, 0.15) is 12.2 Å². The van der Waals surface area contributed by atoms with Crippen LogP contribution in [0.1, 0.15) is 5.56 Å². The first-order valence-electron chi connectivity index (χ1n) is 6.57. The highest BCUT2D eigenvalue weighted by Gasteiger charge is 2.19. The second kappa shape index (κ2) is 7.24. The van der Waals surface area contributed by atoms with Gasteiger partial charge in [0.15, 0.2) is 18.6 Å². The Kier molecular flexibility index (Phi) is 5.10. The van der Waals surface area contributed by atoms with Crippen molar-refractivity contribution < 1.29 is 19.1 Å². The van der Waals surface area contributed by atoms with Crippen LogP contribution in [0.2, 0.25) is 0 Å². The number of ether oxygens (including phenoxy) is 2. The minimum atomic E-state index is -0.0497. The largest absolute Gasteiger partial charge is 0.493 e. The van der Waals surface area contributed by atoms with Gasteiger partial charge < -0.3 is 19.7 Å². The molecule has 0 unspecified atom stereocenters. The molecule has 1 N–H and O–H groups in total. The second-order valence-corrected chi connectivity index (χ2v) is 4.32. The molecule has 0 bridgehead atoms. The standard InChI is InChI=1S/C14H17N3O4/c1-19-13-9-11(10-16-20-2)3-4-12(13)21-8-7-17-6-5-15-14(17)18/h3-4,9H,5-8H2,1-2H3/p+1. The van der Waals surface area contributed by atoms with Crippen molar-refractivity contribution in [1.29, 1.82) is 0 Å². The summed E-state index contributed by atoms with van der Waals surface area (Å²) < 4.78 is 10.9. The first-order chi connectivity index (χ1) is 10.2. The first kappa shape index (κ1) is 14.8. The fourth-order valence-electron chi connectivity index (χ4n) is 1.95. The van der Waals surface area contributed by atoms with Gasteiger partial charge in [0, 0.05) is 19.2 Å². The van der Waals surface area contributed by atoms with Gasteiger partial charge in [-0.3, -0.25) is 0 Å². The summed E-state index contributed by atoms with van der Waals surface area (Å²) in [5.41, 5.74) is 0.722. The summed E-state index contributed by atoms with van der Waals surface area (Å²) in [6, 6.07) is 7.98.